The molecule has 0 bridgehead atoms. The van der Waals surface area contributed by atoms with Gasteiger partial charge in [-0.15, -0.1) is 0 Å². The molecule has 0 amide bonds. The van der Waals surface area contributed by atoms with Crippen molar-refractivity contribution in [1.82, 2.24) is 0 Å². The van der Waals surface area contributed by atoms with Gasteiger partial charge in [0, 0.05) is 13.3 Å². The minimum absolute atomic E-state index is 0. The summed E-state index contributed by atoms with van der Waals surface area (Å²) >= 11 is 1.86. The van der Waals surface area contributed by atoms with Gasteiger partial charge < -0.3 is 22.1 Å². The number of carboxylic acids is 1. The lowest BCUT2D eigenvalue weighted by atomic mass is 10.3. The molecule has 0 unspecified atom stereocenters. The van der Waals surface area contributed by atoms with Gasteiger partial charge in [0.15, 0.2) is 6.54 Å². The Bertz CT molecular complexity index is 218. The summed E-state index contributed by atoms with van der Waals surface area (Å²) in [6.07, 6.45) is 1.04. The van der Waals surface area contributed by atoms with Gasteiger partial charge in [0.05, 0.1) is 12.2 Å². The summed E-state index contributed by atoms with van der Waals surface area (Å²) in [5.74, 6) is 0.457. The van der Waals surface area contributed by atoms with Crippen LogP contribution in [-0.4, -0.2) is 39.5 Å². The predicted octanol–water partition coefficient (Wildman–Crippen LogP) is -1.97. The molecular weight excluding hydrogens is 254 g/mol. The topological polar surface area (TPSA) is 40.3 Å². The van der Waals surface area contributed by atoms with Crippen molar-refractivity contribution in [3.63, 3.8) is 0 Å². The van der Waals surface area contributed by atoms with E-state index in [1.54, 1.807) is 0 Å². The van der Waals surface area contributed by atoms with Gasteiger partial charge in [0.1, 0.15) is 6.54 Å². The van der Waals surface area contributed by atoms with Gasteiger partial charge in [-0.1, -0.05) is 11.8 Å². The summed E-state index contributed by atoms with van der Waals surface area (Å²) in [6.45, 7) is 4.07. The average Bonchev–Trinajstić information content (AvgIpc) is 2.36. The minimum atomic E-state index is -0.695. The third kappa shape index (κ3) is 4.67. The highest BCUT2D eigenvalue weighted by molar-refractivity contribution is 8.13. The van der Waals surface area contributed by atoms with Crippen molar-refractivity contribution < 1.29 is 31.5 Å². The molecule has 0 atom stereocenters. The smallest absolute Gasteiger partial charge is 0.303 e. The maximum absolute atomic E-state index is 10.2. The first kappa shape index (κ1) is 13.0. The molecule has 1 aliphatic heterocycles. The van der Waals surface area contributed by atoms with E-state index in [4.69, 9.17) is 5.11 Å². The molecule has 0 saturated carbocycles. The van der Waals surface area contributed by atoms with Crippen molar-refractivity contribution in [1.29, 1.82) is 0 Å². The number of thioether (sulfide) groups is 1. The molecule has 0 aromatic heterocycles. The lowest BCUT2D eigenvalue weighted by Crippen LogP contribution is -3.00. The second kappa shape index (κ2) is 6.43. The second-order valence-corrected chi connectivity index (χ2v) is 4.14. The van der Waals surface area contributed by atoms with Crippen LogP contribution in [0.25, 0.3) is 0 Å². The Hall–Kier alpha value is -0.0300. The number of rotatable bonds is 4. The van der Waals surface area contributed by atoms with Gasteiger partial charge in [-0.05, 0) is 0 Å². The summed E-state index contributed by atoms with van der Waals surface area (Å²) in [4.78, 5) is 10.2. The van der Waals surface area contributed by atoms with Crippen LogP contribution in [0.15, 0.2) is 0 Å². The molecule has 1 rings (SSSR count). The Morgan fingerprint density at radius 3 is 2.85 bits per heavy atom. The van der Waals surface area contributed by atoms with Crippen molar-refractivity contribution in [2.45, 2.75) is 19.8 Å². The fourth-order valence-corrected chi connectivity index (χ4v) is 2.21. The molecule has 1 heterocycles. The zero-order valence-corrected chi connectivity index (χ0v) is 10.0. The molecule has 0 aromatic rings. The van der Waals surface area contributed by atoms with Crippen molar-refractivity contribution >= 4 is 22.8 Å². The maximum Gasteiger partial charge on any atom is 0.303 e. The van der Waals surface area contributed by atoms with E-state index in [-0.39, 0.29) is 23.4 Å². The number of aliphatic carboxylic acids is 1. The van der Waals surface area contributed by atoms with E-state index in [2.05, 4.69) is 11.5 Å². The van der Waals surface area contributed by atoms with Crippen molar-refractivity contribution in [2.75, 3.05) is 18.8 Å². The lowest BCUT2D eigenvalue weighted by molar-refractivity contribution is -0.518. The monoisotopic (exact) mass is 267 g/mol. The van der Waals surface area contributed by atoms with Crippen LogP contribution in [0, 0.1) is 0 Å². The zero-order chi connectivity index (χ0) is 8.97. The highest BCUT2D eigenvalue weighted by Gasteiger charge is 2.18. The second-order valence-electron chi connectivity index (χ2n) is 2.85. The fourth-order valence-electron chi connectivity index (χ4n) is 1.24. The van der Waals surface area contributed by atoms with Crippen LogP contribution < -0.4 is 17.0 Å². The first-order chi connectivity index (χ1) is 5.70. The van der Waals surface area contributed by atoms with E-state index in [1.807, 2.05) is 11.8 Å². The summed E-state index contributed by atoms with van der Waals surface area (Å²) < 4.78 is 2.26. The molecule has 3 nitrogen and oxygen atoms in total. The third-order valence-corrected chi connectivity index (χ3v) is 3.00. The van der Waals surface area contributed by atoms with Crippen LogP contribution in [0.2, 0.25) is 0 Å². The van der Waals surface area contributed by atoms with Crippen LogP contribution >= 0.6 is 11.8 Å². The molecule has 5 heteroatoms. The van der Waals surface area contributed by atoms with Crippen molar-refractivity contribution in [2.24, 2.45) is 0 Å². The number of carbonyl (C=O) groups is 1. The van der Waals surface area contributed by atoms with Gasteiger partial charge in [-0.25, -0.2) is 4.58 Å². The number of hydrogen-bond acceptors (Lipinski definition) is 2. The van der Waals surface area contributed by atoms with Gasteiger partial charge >= 0.3 is 5.97 Å². The number of hydrogen-bond donors (Lipinski definition) is 1. The standard InChI is InChI=1S/C8H13NO2S.BrH/c1-7-9(5-6-12-7)4-2-3-8(10)11;/h2-6H2,1H3;1H. The van der Waals surface area contributed by atoms with E-state index >= 15 is 0 Å². The molecule has 0 aliphatic carbocycles. The van der Waals surface area contributed by atoms with Crippen LogP contribution in [0.3, 0.4) is 0 Å². The first-order valence-corrected chi connectivity index (χ1v) is 5.12. The highest BCUT2D eigenvalue weighted by Crippen LogP contribution is 2.11. The van der Waals surface area contributed by atoms with Crippen LogP contribution in [-0.2, 0) is 4.79 Å². The molecule has 0 fully saturated rings. The van der Waals surface area contributed by atoms with E-state index in [1.165, 1.54) is 5.04 Å². The molecule has 0 aromatic carbocycles. The largest absolute Gasteiger partial charge is 1.00 e. The quantitative estimate of drug-likeness (QED) is 0.602. The Balaban J connectivity index is 0.00000144. The molecule has 1 N–H and O–H groups in total. The molecule has 1 aliphatic rings. The Morgan fingerprint density at radius 1 is 1.69 bits per heavy atom. The minimum Gasteiger partial charge on any atom is -1.00 e. The first-order valence-electron chi connectivity index (χ1n) is 4.13. The van der Waals surface area contributed by atoms with Crippen LogP contribution in [0.4, 0.5) is 0 Å². The molecule has 0 radical (unpaired) electrons. The maximum atomic E-state index is 10.2. The Kier molecular flexibility index (Phi) is 6.41. The summed E-state index contributed by atoms with van der Waals surface area (Å²) in [5, 5.41) is 9.76. The van der Waals surface area contributed by atoms with E-state index < -0.39 is 5.97 Å². The van der Waals surface area contributed by atoms with Crippen LogP contribution in [0.5, 0.6) is 0 Å². The molecular formula is C8H14BrNO2S. The lowest BCUT2D eigenvalue weighted by Gasteiger charge is -1.96. The van der Waals surface area contributed by atoms with E-state index in [9.17, 15) is 4.79 Å². The normalized spacial score (nSPS) is 15.8. The predicted molar refractivity (Wildman–Crippen MR) is 50.0 cm³/mol. The van der Waals surface area contributed by atoms with Gasteiger partial charge in [0.25, 0.3) is 0 Å². The van der Waals surface area contributed by atoms with Crippen LogP contribution in [0.1, 0.15) is 19.8 Å². The summed E-state index contributed by atoms with van der Waals surface area (Å²) in [7, 11) is 0. The molecule has 0 saturated heterocycles. The van der Waals surface area contributed by atoms with Crippen molar-refractivity contribution in [3.05, 3.63) is 0 Å². The van der Waals surface area contributed by atoms with Crippen molar-refractivity contribution in [3.8, 4) is 0 Å². The SMILES string of the molecule is CC1=[N+](CCCC(=O)O)CCS1.[Br-]. The molecule has 13 heavy (non-hydrogen) atoms. The number of halogens is 1. The Labute approximate surface area is 93.0 Å². The number of nitrogens with zero attached hydrogens (tertiary/aromatic N) is 1. The van der Waals surface area contributed by atoms with Gasteiger partial charge in [0.2, 0.25) is 5.04 Å². The summed E-state index contributed by atoms with van der Waals surface area (Å²) in [6, 6.07) is 0. The molecule has 76 valence electrons. The third-order valence-electron chi connectivity index (χ3n) is 1.94. The average molecular weight is 268 g/mol. The zero-order valence-electron chi connectivity index (χ0n) is 7.62. The number of carboxylic acid groups (broad SMARTS) is 1. The molecule has 0 spiro atoms. The Morgan fingerprint density at radius 2 is 2.38 bits per heavy atom. The van der Waals surface area contributed by atoms with Gasteiger partial charge in [-0.2, -0.15) is 0 Å². The fraction of sp³-hybridized carbons (Fsp3) is 0.750. The highest BCUT2D eigenvalue weighted by atomic mass is 79.9. The van der Waals surface area contributed by atoms with E-state index in [0.717, 1.165) is 25.3 Å². The van der Waals surface area contributed by atoms with Gasteiger partial charge in [-0.3, -0.25) is 4.79 Å². The summed E-state index contributed by atoms with van der Waals surface area (Å²) in [5.41, 5.74) is 0. The van der Waals surface area contributed by atoms with E-state index in [0.29, 0.717) is 0 Å².